The van der Waals surface area contributed by atoms with E-state index in [-0.39, 0.29) is 0 Å². The normalized spacial score (nSPS) is 10.8. The van der Waals surface area contributed by atoms with Gasteiger partial charge in [-0.2, -0.15) is 5.10 Å². The molecular formula is C14H15N5. The largest absolute Gasteiger partial charge is 0.366 e. The van der Waals surface area contributed by atoms with Crippen molar-refractivity contribution in [2.75, 3.05) is 5.32 Å². The zero-order chi connectivity index (χ0) is 13.2. The summed E-state index contributed by atoms with van der Waals surface area (Å²) in [5.74, 6) is 0.831. The summed E-state index contributed by atoms with van der Waals surface area (Å²) in [6.07, 6.45) is 3.26. The highest BCUT2D eigenvalue weighted by Crippen LogP contribution is 2.19. The van der Waals surface area contributed by atoms with Gasteiger partial charge in [-0.1, -0.05) is 6.07 Å². The van der Waals surface area contributed by atoms with E-state index in [9.17, 15) is 0 Å². The third kappa shape index (κ3) is 2.27. The Morgan fingerprint density at radius 3 is 2.95 bits per heavy atom. The molecule has 1 aromatic carbocycles. The van der Waals surface area contributed by atoms with Crippen molar-refractivity contribution in [2.24, 2.45) is 7.05 Å². The first-order chi connectivity index (χ1) is 9.24. The zero-order valence-corrected chi connectivity index (χ0v) is 11.0. The fraction of sp³-hybridized carbons (Fsp3) is 0.214. The minimum Gasteiger partial charge on any atom is -0.366 e. The Labute approximate surface area is 111 Å². The highest BCUT2D eigenvalue weighted by Gasteiger charge is 2.05. The summed E-state index contributed by atoms with van der Waals surface area (Å²) >= 11 is 0. The second-order valence-corrected chi connectivity index (χ2v) is 4.51. The van der Waals surface area contributed by atoms with Gasteiger partial charge in [-0.05, 0) is 30.7 Å². The molecule has 0 bridgehead atoms. The number of hydrogen-bond donors (Lipinski definition) is 1. The van der Waals surface area contributed by atoms with Gasteiger partial charge in [0.15, 0.2) is 0 Å². The van der Waals surface area contributed by atoms with Gasteiger partial charge in [0, 0.05) is 25.2 Å². The lowest BCUT2D eigenvalue weighted by atomic mass is 10.1. The molecule has 0 fully saturated rings. The Kier molecular flexibility index (Phi) is 2.87. The lowest BCUT2D eigenvalue weighted by Gasteiger charge is -2.05. The van der Waals surface area contributed by atoms with Crippen LogP contribution in [0.25, 0.3) is 10.9 Å². The predicted molar refractivity (Wildman–Crippen MR) is 74.8 cm³/mol. The van der Waals surface area contributed by atoms with Crippen LogP contribution in [-0.4, -0.2) is 19.7 Å². The van der Waals surface area contributed by atoms with Crippen molar-refractivity contribution in [2.45, 2.75) is 13.5 Å². The molecule has 3 rings (SSSR count). The van der Waals surface area contributed by atoms with Gasteiger partial charge in [-0.25, -0.2) is 9.97 Å². The van der Waals surface area contributed by atoms with Crippen molar-refractivity contribution in [3.8, 4) is 0 Å². The summed E-state index contributed by atoms with van der Waals surface area (Å²) in [6.45, 7) is 2.77. The maximum Gasteiger partial charge on any atom is 0.129 e. The second kappa shape index (κ2) is 4.68. The molecule has 2 aromatic heterocycles. The van der Waals surface area contributed by atoms with Crippen molar-refractivity contribution in [1.82, 2.24) is 19.7 Å². The molecule has 0 aliphatic carbocycles. The molecule has 2 heterocycles. The van der Waals surface area contributed by atoms with Gasteiger partial charge in [-0.15, -0.1) is 0 Å². The Morgan fingerprint density at radius 2 is 2.16 bits per heavy atom. The molecule has 0 amide bonds. The van der Waals surface area contributed by atoms with Gasteiger partial charge in [0.25, 0.3) is 0 Å². The third-order valence-corrected chi connectivity index (χ3v) is 3.15. The second-order valence-electron chi connectivity index (χ2n) is 4.51. The topological polar surface area (TPSA) is 55.6 Å². The summed E-state index contributed by atoms with van der Waals surface area (Å²) < 4.78 is 1.91. The lowest BCUT2D eigenvalue weighted by Crippen LogP contribution is -2.01. The van der Waals surface area contributed by atoms with E-state index in [1.807, 2.05) is 24.7 Å². The first-order valence-corrected chi connectivity index (χ1v) is 6.16. The molecule has 0 aliphatic rings. The van der Waals surface area contributed by atoms with E-state index < -0.39 is 0 Å². The van der Waals surface area contributed by atoms with Crippen LogP contribution in [0.5, 0.6) is 0 Å². The number of benzene rings is 1. The number of hydrogen-bond acceptors (Lipinski definition) is 4. The molecule has 5 nitrogen and oxygen atoms in total. The summed E-state index contributed by atoms with van der Waals surface area (Å²) in [4.78, 5) is 8.03. The first kappa shape index (κ1) is 11.6. The Balaban J connectivity index is 1.84. The van der Waals surface area contributed by atoms with Crippen LogP contribution in [-0.2, 0) is 13.6 Å². The Hall–Kier alpha value is -2.43. The third-order valence-electron chi connectivity index (χ3n) is 3.15. The molecule has 0 aliphatic heterocycles. The van der Waals surface area contributed by atoms with E-state index in [1.54, 1.807) is 6.20 Å². The van der Waals surface area contributed by atoms with Crippen molar-refractivity contribution in [3.05, 3.63) is 48.0 Å². The molecule has 0 saturated carbocycles. The monoisotopic (exact) mass is 253 g/mol. The van der Waals surface area contributed by atoms with Gasteiger partial charge in [-0.3, -0.25) is 4.68 Å². The number of anilines is 1. The van der Waals surface area contributed by atoms with Gasteiger partial charge >= 0.3 is 0 Å². The highest BCUT2D eigenvalue weighted by molar-refractivity contribution is 5.82. The number of aromatic nitrogens is 4. The molecule has 96 valence electrons. The number of nitrogens with zero attached hydrogens (tertiary/aromatic N) is 4. The maximum absolute atomic E-state index is 4.43. The average Bonchev–Trinajstić information content (AvgIpc) is 2.73. The van der Waals surface area contributed by atoms with E-state index in [0.717, 1.165) is 23.6 Å². The first-order valence-electron chi connectivity index (χ1n) is 6.16. The number of nitrogens with one attached hydrogen (secondary N) is 1. The number of fused-ring (bicyclic) bond motifs is 1. The van der Waals surface area contributed by atoms with Crippen LogP contribution in [0.4, 0.5) is 5.82 Å². The van der Waals surface area contributed by atoms with Crippen LogP contribution in [0, 0.1) is 6.92 Å². The van der Waals surface area contributed by atoms with E-state index >= 15 is 0 Å². The minimum absolute atomic E-state index is 0.737. The van der Waals surface area contributed by atoms with Crippen LogP contribution in [0.2, 0.25) is 0 Å². The molecule has 0 spiro atoms. The summed E-state index contributed by atoms with van der Waals surface area (Å²) in [7, 11) is 1.97. The van der Waals surface area contributed by atoms with E-state index in [0.29, 0.717) is 0 Å². The van der Waals surface area contributed by atoms with Gasteiger partial charge in [0.2, 0.25) is 0 Å². The van der Waals surface area contributed by atoms with Crippen LogP contribution in [0.15, 0.2) is 36.8 Å². The van der Waals surface area contributed by atoms with Crippen molar-refractivity contribution >= 4 is 16.7 Å². The summed E-state index contributed by atoms with van der Waals surface area (Å²) in [5, 5.41) is 8.90. The maximum atomic E-state index is 4.43. The van der Waals surface area contributed by atoms with Gasteiger partial charge in [0.05, 0.1) is 11.2 Å². The number of aryl methyl sites for hydroxylation is 2. The van der Waals surface area contributed by atoms with Gasteiger partial charge < -0.3 is 5.32 Å². The molecule has 0 atom stereocenters. The van der Waals surface area contributed by atoms with Crippen LogP contribution >= 0.6 is 0 Å². The summed E-state index contributed by atoms with van der Waals surface area (Å²) in [6, 6.07) is 8.24. The average molecular weight is 253 g/mol. The van der Waals surface area contributed by atoms with Crippen molar-refractivity contribution in [1.29, 1.82) is 0 Å². The Bertz CT molecular complexity index is 702. The van der Waals surface area contributed by atoms with E-state index in [1.165, 1.54) is 17.3 Å². The molecule has 3 aromatic rings. The van der Waals surface area contributed by atoms with E-state index in [2.05, 4.69) is 38.6 Å². The molecular weight excluding hydrogens is 238 g/mol. The van der Waals surface area contributed by atoms with Crippen LogP contribution in [0.3, 0.4) is 0 Å². The number of rotatable bonds is 3. The Morgan fingerprint density at radius 1 is 1.26 bits per heavy atom. The fourth-order valence-corrected chi connectivity index (χ4v) is 2.19. The molecule has 5 heteroatoms. The minimum atomic E-state index is 0.737. The molecule has 0 unspecified atom stereocenters. The van der Waals surface area contributed by atoms with E-state index in [4.69, 9.17) is 0 Å². The summed E-state index contributed by atoms with van der Waals surface area (Å²) in [5.41, 5.74) is 3.42. The van der Waals surface area contributed by atoms with Crippen molar-refractivity contribution in [3.63, 3.8) is 0 Å². The zero-order valence-electron chi connectivity index (χ0n) is 11.0. The smallest absolute Gasteiger partial charge is 0.129 e. The van der Waals surface area contributed by atoms with Crippen molar-refractivity contribution < 1.29 is 0 Å². The highest BCUT2D eigenvalue weighted by atomic mass is 15.3. The van der Waals surface area contributed by atoms with Crippen LogP contribution < -0.4 is 5.32 Å². The lowest BCUT2D eigenvalue weighted by molar-refractivity contribution is 0.783. The molecule has 0 saturated heterocycles. The standard InChI is InChI=1S/C14H15N5/c1-10-12-7-11(3-4-13(12)19(2)18-10)8-16-14-5-6-15-9-17-14/h3-7,9H,8H2,1-2H3,(H,15,16,17). The quantitative estimate of drug-likeness (QED) is 0.778. The fourth-order valence-electron chi connectivity index (χ4n) is 2.19. The molecule has 19 heavy (non-hydrogen) atoms. The SMILES string of the molecule is Cc1nn(C)c2ccc(CNc3ccncn3)cc12. The predicted octanol–water partition coefficient (Wildman–Crippen LogP) is 2.28. The van der Waals surface area contributed by atoms with Gasteiger partial charge in [0.1, 0.15) is 12.1 Å². The molecule has 0 radical (unpaired) electrons. The van der Waals surface area contributed by atoms with Crippen LogP contribution in [0.1, 0.15) is 11.3 Å². The molecule has 1 N–H and O–H groups in total.